The Hall–Kier alpha value is -5.51. The molecule has 13 heteroatoms. The normalized spacial score (nSPS) is 20.2. The number of unbranched alkanes of at least 4 members (excludes halogenated alkanes) is 2. The van der Waals surface area contributed by atoms with E-state index in [1.54, 1.807) is 30.6 Å². The summed E-state index contributed by atoms with van der Waals surface area (Å²) in [7, 11) is 0. The number of nitrogens with one attached hydrogen (secondary N) is 1. The molecule has 57 heavy (non-hydrogen) atoms. The maximum atomic E-state index is 13.4. The van der Waals surface area contributed by atoms with Crippen LogP contribution >= 0.6 is 11.6 Å². The number of hydrogen-bond acceptors (Lipinski definition) is 10. The van der Waals surface area contributed by atoms with Gasteiger partial charge in [0.25, 0.3) is 5.91 Å². The van der Waals surface area contributed by atoms with Crippen LogP contribution in [0.4, 0.5) is 11.5 Å². The van der Waals surface area contributed by atoms with Gasteiger partial charge in [-0.05, 0) is 80.4 Å². The average molecular weight is 790 g/mol. The highest BCUT2D eigenvalue weighted by Crippen LogP contribution is 2.55. The highest BCUT2D eigenvalue weighted by molar-refractivity contribution is 6.31. The quantitative estimate of drug-likeness (QED) is 0.112. The van der Waals surface area contributed by atoms with E-state index in [2.05, 4.69) is 58.8 Å². The van der Waals surface area contributed by atoms with Crippen molar-refractivity contribution < 1.29 is 23.9 Å². The van der Waals surface area contributed by atoms with Crippen LogP contribution in [-0.2, 0) is 9.59 Å². The van der Waals surface area contributed by atoms with Crippen molar-refractivity contribution in [3.63, 3.8) is 0 Å². The number of rotatable bonds is 13. The summed E-state index contributed by atoms with van der Waals surface area (Å²) in [6, 6.07) is 18.4. The minimum atomic E-state index is -0.357. The minimum absolute atomic E-state index is 0.137. The molecule has 0 atom stereocenters. The van der Waals surface area contributed by atoms with E-state index in [4.69, 9.17) is 21.1 Å². The molecule has 4 aromatic rings. The Kier molecular flexibility index (Phi) is 11.5. The molecule has 1 saturated heterocycles. The lowest BCUT2D eigenvalue weighted by atomic mass is 9.49. The van der Waals surface area contributed by atoms with Gasteiger partial charge in [0.05, 0.1) is 46.6 Å². The summed E-state index contributed by atoms with van der Waals surface area (Å²) < 4.78 is 12.4. The monoisotopic (exact) mass is 789 g/mol. The van der Waals surface area contributed by atoms with E-state index in [0.717, 1.165) is 74.5 Å². The van der Waals surface area contributed by atoms with Crippen molar-refractivity contribution in [2.75, 3.05) is 49.1 Å². The molecule has 2 fully saturated rings. The molecule has 7 rings (SSSR count). The van der Waals surface area contributed by atoms with Crippen molar-refractivity contribution in [3.05, 3.63) is 95.4 Å². The summed E-state index contributed by atoms with van der Waals surface area (Å²) >= 11 is 6.24. The van der Waals surface area contributed by atoms with E-state index >= 15 is 0 Å². The van der Waals surface area contributed by atoms with Gasteiger partial charge in [-0.1, -0.05) is 39.3 Å². The lowest BCUT2D eigenvalue weighted by molar-refractivity contribution is -0.164. The zero-order valence-corrected chi connectivity index (χ0v) is 33.6. The first-order valence-electron chi connectivity index (χ1n) is 19.5. The summed E-state index contributed by atoms with van der Waals surface area (Å²) in [6.07, 6.45) is 8.98. The number of piperazine rings is 1. The molecule has 0 bridgehead atoms. The van der Waals surface area contributed by atoms with Crippen LogP contribution in [0.2, 0.25) is 5.02 Å². The molecule has 296 valence electrons. The summed E-state index contributed by atoms with van der Waals surface area (Å²) in [5.41, 5.74) is 1.63. The Morgan fingerprint density at radius 2 is 1.70 bits per heavy atom. The molecule has 1 aliphatic carbocycles. The zero-order chi connectivity index (χ0) is 40.3. The zero-order valence-electron chi connectivity index (χ0n) is 32.8. The molecule has 1 N–H and O–H groups in total. The van der Waals surface area contributed by atoms with E-state index < -0.39 is 0 Å². The van der Waals surface area contributed by atoms with E-state index in [1.165, 1.54) is 17.2 Å². The van der Waals surface area contributed by atoms with E-state index in [-0.39, 0.29) is 47.0 Å². The van der Waals surface area contributed by atoms with Crippen LogP contribution < -0.4 is 24.6 Å². The van der Waals surface area contributed by atoms with Crippen LogP contribution in [0.5, 0.6) is 11.5 Å². The highest BCUT2D eigenvalue weighted by atomic mass is 35.5. The van der Waals surface area contributed by atoms with Crippen molar-refractivity contribution in [2.45, 2.75) is 65.5 Å². The molecule has 2 aromatic carbocycles. The predicted molar refractivity (Wildman–Crippen MR) is 220 cm³/mol. The highest BCUT2D eigenvalue weighted by Gasteiger charge is 2.64. The van der Waals surface area contributed by atoms with Gasteiger partial charge in [-0.15, -0.1) is 0 Å². The molecule has 2 amide bonds. The van der Waals surface area contributed by atoms with Crippen LogP contribution in [0.25, 0.3) is 10.9 Å². The Balaban J connectivity index is 0.814. The number of pyridine rings is 2. The average Bonchev–Trinajstić information content (AvgIpc) is 3.20. The first-order chi connectivity index (χ1) is 27.3. The smallest absolute Gasteiger partial charge is 0.253 e. The molecule has 0 radical (unpaired) electrons. The number of allylic oxidation sites excluding steroid dienone is 1. The van der Waals surface area contributed by atoms with Gasteiger partial charge in [0.15, 0.2) is 5.78 Å². The number of nitrogens with zero attached hydrogens (tertiary/aromatic N) is 6. The standard InChI is InChI=1S/C44H48ClN7O5/c1-43(2)41(44(3,4)42(43)57-35-10-8-29(26-46)36(45)25-35)49-40(55)30-9-13-38(48-27-30)51-19-17-50(18-20-51)15-6-5-7-21-56-34-11-12-37-31(23-34)22-32(28-47-37)52-16-14-33(53)24-39(52)54/h8-14,16,22-23,25,27-28,41-42H,5-7,15,17-21,24H2,1-4H3,(H,49,55). The number of benzene rings is 2. The lowest BCUT2D eigenvalue weighted by Gasteiger charge is -2.63. The Bertz CT molecular complexity index is 2210. The predicted octanol–water partition coefficient (Wildman–Crippen LogP) is 6.96. The van der Waals surface area contributed by atoms with Crippen LogP contribution in [0.3, 0.4) is 0 Å². The van der Waals surface area contributed by atoms with E-state index in [1.807, 2.05) is 36.4 Å². The van der Waals surface area contributed by atoms with Gasteiger partial charge in [0.1, 0.15) is 29.5 Å². The Morgan fingerprint density at radius 3 is 2.40 bits per heavy atom. The SMILES string of the molecule is CC1(C)C(NC(=O)c2ccc(N3CCN(CCCCCOc4ccc5ncc(N6C=CC(=O)CC6=O)cc5c4)CC3)nc2)C(C)(C)C1Oc1ccc(C#N)c(Cl)c1. The number of aromatic nitrogens is 2. The van der Waals surface area contributed by atoms with Crippen molar-refractivity contribution in [3.8, 4) is 17.6 Å². The van der Waals surface area contributed by atoms with Gasteiger partial charge in [-0.2, -0.15) is 5.26 Å². The molecule has 1 saturated carbocycles. The number of ketones is 1. The molecule has 12 nitrogen and oxygen atoms in total. The number of carbonyl (C=O) groups is 3. The molecule has 3 aliphatic rings. The molecule has 0 unspecified atom stereocenters. The van der Waals surface area contributed by atoms with Gasteiger partial charge in [0, 0.05) is 66.9 Å². The lowest BCUT2D eigenvalue weighted by Crippen LogP contribution is -2.74. The maximum absolute atomic E-state index is 13.4. The minimum Gasteiger partial charge on any atom is -0.494 e. The van der Waals surface area contributed by atoms with Gasteiger partial charge in [0.2, 0.25) is 5.91 Å². The number of halogens is 1. The second-order valence-electron chi connectivity index (χ2n) is 16.2. The number of carbonyl (C=O) groups excluding carboxylic acids is 3. The maximum Gasteiger partial charge on any atom is 0.253 e. The summed E-state index contributed by atoms with van der Waals surface area (Å²) in [5, 5.41) is 13.7. The summed E-state index contributed by atoms with van der Waals surface area (Å²) in [4.78, 5) is 52.7. The molecule has 2 aromatic heterocycles. The molecule has 2 aliphatic heterocycles. The van der Waals surface area contributed by atoms with Gasteiger partial charge in [-0.3, -0.25) is 29.2 Å². The van der Waals surface area contributed by atoms with Gasteiger partial charge >= 0.3 is 0 Å². The fraction of sp³-hybridized carbons (Fsp3) is 0.409. The molecule has 4 heterocycles. The Labute approximate surface area is 338 Å². The second-order valence-corrected chi connectivity index (χ2v) is 16.6. The fourth-order valence-corrected chi connectivity index (χ4v) is 8.82. The first-order valence-corrected chi connectivity index (χ1v) is 19.9. The second kappa shape index (κ2) is 16.5. The van der Waals surface area contributed by atoms with Crippen LogP contribution in [0, 0.1) is 22.2 Å². The summed E-state index contributed by atoms with van der Waals surface area (Å²) in [6.45, 7) is 13.6. The number of hydrogen-bond donors (Lipinski definition) is 1. The fourth-order valence-electron chi connectivity index (χ4n) is 8.61. The number of anilines is 2. The summed E-state index contributed by atoms with van der Waals surface area (Å²) in [5.74, 6) is 1.60. The van der Waals surface area contributed by atoms with Crippen molar-refractivity contribution in [1.82, 2.24) is 20.2 Å². The number of nitriles is 1. The first kappa shape index (κ1) is 39.7. The largest absolute Gasteiger partial charge is 0.494 e. The van der Waals surface area contributed by atoms with E-state index in [9.17, 15) is 19.6 Å². The van der Waals surface area contributed by atoms with Crippen molar-refractivity contribution in [2.24, 2.45) is 10.8 Å². The van der Waals surface area contributed by atoms with Gasteiger partial charge in [-0.25, -0.2) is 4.98 Å². The van der Waals surface area contributed by atoms with Crippen LogP contribution in [-0.4, -0.2) is 83.9 Å². The number of ether oxygens (including phenoxy) is 2. The number of fused-ring (bicyclic) bond motifs is 1. The van der Waals surface area contributed by atoms with Crippen molar-refractivity contribution >= 4 is 51.6 Å². The van der Waals surface area contributed by atoms with E-state index in [0.29, 0.717) is 34.2 Å². The molecular formula is C44H48ClN7O5. The molecule has 0 spiro atoms. The molecular weight excluding hydrogens is 742 g/mol. The van der Waals surface area contributed by atoms with Crippen molar-refractivity contribution in [1.29, 1.82) is 5.26 Å². The number of amides is 2. The topological polar surface area (TPSA) is 141 Å². The van der Waals surface area contributed by atoms with Crippen LogP contribution in [0.15, 0.2) is 79.3 Å². The third-order valence-electron chi connectivity index (χ3n) is 11.4. The van der Waals surface area contributed by atoms with Gasteiger partial charge < -0.3 is 19.7 Å². The third kappa shape index (κ3) is 8.60. The third-order valence-corrected chi connectivity index (χ3v) is 11.8. The Morgan fingerprint density at radius 1 is 0.930 bits per heavy atom. The van der Waals surface area contributed by atoms with Crippen LogP contribution in [0.1, 0.15) is 69.3 Å².